The van der Waals surface area contributed by atoms with Crippen molar-refractivity contribution in [3.05, 3.63) is 35.4 Å². The first-order chi connectivity index (χ1) is 5.86. The van der Waals surface area contributed by atoms with Crippen LogP contribution in [0, 0.1) is 12.1 Å². The molecule has 0 unspecified atom stereocenters. The third-order valence-electron chi connectivity index (χ3n) is 1.44. The number of hydrogen-bond acceptors (Lipinski definition) is 2. The molecule has 64 valence electrons. The fourth-order valence-electron chi connectivity index (χ4n) is 0.988. The van der Waals surface area contributed by atoms with Crippen LogP contribution in [-0.4, -0.2) is 14.2 Å². The quantitative estimate of drug-likeness (QED) is 0.672. The maximum Gasteiger partial charge on any atom is 0.0719 e. The second-order valence-corrected chi connectivity index (χ2v) is 2.50. The Bertz CT molecular complexity index is 212. The molecule has 1 rings (SSSR count). The largest absolute Gasteiger partial charge is 0.380 e. The Morgan fingerprint density at radius 3 is 2.00 bits per heavy atom. The number of ether oxygens (including phenoxy) is 2. The average Bonchev–Trinajstić information content (AvgIpc) is 2.06. The number of methoxy groups -OCH3 is 2. The summed E-state index contributed by atoms with van der Waals surface area (Å²) in [5, 5.41) is 0. The van der Waals surface area contributed by atoms with Crippen LogP contribution in [0.25, 0.3) is 0 Å². The standard InChI is InChI=1S/C10H12O2/c1-11-7-9-4-3-5-10(6-9)8-12-2/h4-5H,7-8H2,1-2H3. The van der Waals surface area contributed by atoms with Crippen LogP contribution in [0.3, 0.4) is 0 Å². The molecule has 0 N–H and O–H groups in total. The van der Waals surface area contributed by atoms with Gasteiger partial charge in [0, 0.05) is 14.2 Å². The molecule has 0 aliphatic carbocycles. The predicted molar refractivity (Wildman–Crippen MR) is 45.5 cm³/mol. The molecule has 0 saturated carbocycles. The fourth-order valence-corrected chi connectivity index (χ4v) is 0.988. The third kappa shape index (κ3) is 2.64. The SMILES string of the molecule is COCc1[c]c(COC)c[c]c1. The molecular formula is C10H12O2. The van der Waals surface area contributed by atoms with Gasteiger partial charge in [0.05, 0.1) is 13.2 Å². The van der Waals surface area contributed by atoms with E-state index in [2.05, 4.69) is 12.1 Å². The third-order valence-corrected chi connectivity index (χ3v) is 1.44. The van der Waals surface area contributed by atoms with Crippen molar-refractivity contribution >= 4 is 0 Å². The summed E-state index contributed by atoms with van der Waals surface area (Å²) in [4.78, 5) is 0. The van der Waals surface area contributed by atoms with Crippen LogP contribution in [0.4, 0.5) is 0 Å². The molecule has 0 aliphatic rings. The summed E-state index contributed by atoms with van der Waals surface area (Å²) in [6.45, 7) is 1.15. The molecule has 0 fully saturated rings. The summed E-state index contributed by atoms with van der Waals surface area (Å²) in [5.41, 5.74) is 2.01. The van der Waals surface area contributed by atoms with Gasteiger partial charge in [-0.2, -0.15) is 0 Å². The lowest BCUT2D eigenvalue weighted by Gasteiger charge is -2.01. The minimum atomic E-state index is 0.577. The van der Waals surface area contributed by atoms with E-state index in [1.807, 2.05) is 12.1 Å². The van der Waals surface area contributed by atoms with Crippen LogP contribution in [0.2, 0.25) is 0 Å². The fraction of sp³-hybridized carbons (Fsp3) is 0.400. The second-order valence-electron chi connectivity index (χ2n) is 2.50. The van der Waals surface area contributed by atoms with Gasteiger partial charge >= 0.3 is 0 Å². The molecule has 0 aliphatic heterocycles. The molecule has 0 atom stereocenters. The first-order valence-corrected chi connectivity index (χ1v) is 3.76. The van der Waals surface area contributed by atoms with Crippen LogP contribution in [0.15, 0.2) is 12.1 Å². The van der Waals surface area contributed by atoms with Crippen molar-refractivity contribution in [3.8, 4) is 0 Å². The molecule has 0 saturated heterocycles. The predicted octanol–water partition coefficient (Wildman–Crippen LogP) is 1.58. The van der Waals surface area contributed by atoms with E-state index in [-0.39, 0.29) is 0 Å². The maximum absolute atomic E-state index is 4.97. The van der Waals surface area contributed by atoms with Crippen LogP contribution < -0.4 is 0 Å². The van der Waals surface area contributed by atoms with E-state index in [9.17, 15) is 0 Å². The lowest BCUT2D eigenvalue weighted by atomic mass is 10.1. The normalized spacial score (nSPS) is 10.2. The minimum absolute atomic E-state index is 0.577. The highest BCUT2D eigenvalue weighted by Crippen LogP contribution is 2.05. The summed E-state index contributed by atoms with van der Waals surface area (Å²) in [6.07, 6.45) is 0. The Hall–Kier alpha value is -0.860. The van der Waals surface area contributed by atoms with Crippen molar-refractivity contribution in [2.75, 3.05) is 14.2 Å². The van der Waals surface area contributed by atoms with Gasteiger partial charge in [0.2, 0.25) is 0 Å². The van der Waals surface area contributed by atoms with Crippen molar-refractivity contribution in [1.82, 2.24) is 0 Å². The van der Waals surface area contributed by atoms with Crippen molar-refractivity contribution in [2.24, 2.45) is 0 Å². The molecule has 0 heterocycles. The number of benzene rings is 1. The Morgan fingerprint density at radius 1 is 1.08 bits per heavy atom. The Morgan fingerprint density at radius 2 is 1.58 bits per heavy atom. The van der Waals surface area contributed by atoms with Gasteiger partial charge < -0.3 is 9.47 Å². The van der Waals surface area contributed by atoms with Gasteiger partial charge in [0.25, 0.3) is 0 Å². The Labute approximate surface area is 73.1 Å². The van der Waals surface area contributed by atoms with Crippen LogP contribution in [0.5, 0.6) is 0 Å². The zero-order chi connectivity index (χ0) is 8.81. The molecule has 0 spiro atoms. The second kappa shape index (κ2) is 4.91. The molecule has 1 aromatic carbocycles. The van der Waals surface area contributed by atoms with Gasteiger partial charge in [-0.05, 0) is 35.4 Å². The smallest absolute Gasteiger partial charge is 0.0719 e. The van der Waals surface area contributed by atoms with Gasteiger partial charge in [-0.3, -0.25) is 0 Å². The number of hydrogen-bond donors (Lipinski definition) is 0. The molecule has 0 amide bonds. The molecule has 2 nitrogen and oxygen atoms in total. The molecule has 2 radical (unpaired) electrons. The zero-order valence-corrected chi connectivity index (χ0v) is 7.39. The Kier molecular flexibility index (Phi) is 3.77. The van der Waals surface area contributed by atoms with Gasteiger partial charge in [-0.1, -0.05) is 0 Å². The van der Waals surface area contributed by atoms with E-state index < -0.39 is 0 Å². The highest BCUT2D eigenvalue weighted by atomic mass is 16.5. The summed E-state index contributed by atoms with van der Waals surface area (Å²) in [6, 6.07) is 9.90. The molecule has 2 heteroatoms. The molecule has 1 aromatic rings. The van der Waals surface area contributed by atoms with Crippen molar-refractivity contribution in [1.29, 1.82) is 0 Å². The highest BCUT2D eigenvalue weighted by Gasteiger charge is 1.95. The van der Waals surface area contributed by atoms with E-state index >= 15 is 0 Å². The van der Waals surface area contributed by atoms with Crippen molar-refractivity contribution < 1.29 is 9.47 Å². The van der Waals surface area contributed by atoms with Gasteiger partial charge in [-0.15, -0.1) is 0 Å². The summed E-state index contributed by atoms with van der Waals surface area (Å²) in [5.74, 6) is 0. The maximum atomic E-state index is 4.97. The van der Waals surface area contributed by atoms with E-state index in [1.165, 1.54) is 0 Å². The first-order valence-electron chi connectivity index (χ1n) is 3.76. The van der Waals surface area contributed by atoms with Gasteiger partial charge in [0.15, 0.2) is 0 Å². The van der Waals surface area contributed by atoms with Gasteiger partial charge in [-0.25, -0.2) is 0 Å². The van der Waals surface area contributed by atoms with Crippen LogP contribution in [0.1, 0.15) is 11.1 Å². The molecular weight excluding hydrogens is 152 g/mol. The Balaban J connectivity index is 2.67. The zero-order valence-electron chi connectivity index (χ0n) is 7.39. The molecule has 12 heavy (non-hydrogen) atoms. The average molecular weight is 164 g/mol. The number of rotatable bonds is 4. The van der Waals surface area contributed by atoms with Crippen LogP contribution in [-0.2, 0) is 22.7 Å². The van der Waals surface area contributed by atoms with Gasteiger partial charge in [0.1, 0.15) is 0 Å². The summed E-state index contributed by atoms with van der Waals surface area (Å²) in [7, 11) is 3.33. The van der Waals surface area contributed by atoms with Crippen molar-refractivity contribution in [2.45, 2.75) is 13.2 Å². The lowest BCUT2D eigenvalue weighted by molar-refractivity contribution is 0.179. The lowest BCUT2D eigenvalue weighted by Crippen LogP contribution is -1.92. The van der Waals surface area contributed by atoms with E-state index in [0.29, 0.717) is 13.2 Å². The topological polar surface area (TPSA) is 18.5 Å². The minimum Gasteiger partial charge on any atom is -0.380 e. The first kappa shape index (κ1) is 9.23. The molecule has 0 aromatic heterocycles. The summed E-state index contributed by atoms with van der Waals surface area (Å²) >= 11 is 0. The highest BCUT2D eigenvalue weighted by molar-refractivity contribution is 5.19. The summed E-state index contributed by atoms with van der Waals surface area (Å²) < 4.78 is 9.94. The van der Waals surface area contributed by atoms with Crippen LogP contribution >= 0.6 is 0 Å². The van der Waals surface area contributed by atoms with E-state index in [4.69, 9.17) is 9.47 Å². The monoisotopic (exact) mass is 164 g/mol. The van der Waals surface area contributed by atoms with Crippen molar-refractivity contribution in [3.63, 3.8) is 0 Å². The van der Waals surface area contributed by atoms with E-state index in [0.717, 1.165) is 11.1 Å². The van der Waals surface area contributed by atoms with E-state index in [1.54, 1.807) is 14.2 Å². The molecule has 0 bridgehead atoms.